The summed E-state index contributed by atoms with van der Waals surface area (Å²) < 4.78 is 33.5. The van der Waals surface area contributed by atoms with Gasteiger partial charge in [-0.05, 0) is 78.9 Å². The molecule has 0 amide bonds. The maximum atomic E-state index is 14.5. The first-order valence-electron chi connectivity index (χ1n) is 10.1. The van der Waals surface area contributed by atoms with Gasteiger partial charge in [-0.3, -0.25) is 0 Å². The molecule has 4 atom stereocenters. The Labute approximate surface area is 154 Å². The van der Waals surface area contributed by atoms with E-state index in [1.807, 2.05) is 12.1 Å². The van der Waals surface area contributed by atoms with Crippen molar-refractivity contribution in [2.24, 2.45) is 17.8 Å². The number of benzene rings is 2. The molecule has 2 aromatic rings. The van der Waals surface area contributed by atoms with Crippen LogP contribution in [0.2, 0.25) is 0 Å². The third kappa shape index (κ3) is 3.10. The summed E-state index contributed by atoms with van der Waals surface area (Å²) in [7, 11) is 1.36. The van der Waals surface area contributed by atoms with Crippen LogP contribution in [-0.2, 0) is 0 Å². The van der Waals surface area contributed by atoms with Gasteiger partial charge in [0.2, 0.25) is 5.82 Å². The molecule has 4 rings (SSSR count). The number of halogens is 2. The molecule has 0 N–H and O–H groups in total. The average Bonchev–Trinajstić information content (AvgIpc) is 2.69. The van der Waals surface area contributed by atoms with Crippen LogP contribution in [0.25, 0.3) is 10.8 Å². The fraction of sp³-hybridized carbons (Fsp3) is 0.565. The van der Waals surface area contributed by atoms with Crippen LogP contribution in [-0.4, -0.2) is 7.11 Å². The highest BCUT2D eigenvalue weighted by molar-refractivity contribution is 5.85. The zero-order chi connectivity index (χ0) is 18.3. The van der Waals surface area contributed by atoms with Gasteiger partial charge in [0.05, 0.1) is 7.11 Å². The van der Waals surface area contributed by atoms with Gasteiger partial charge in [-0.2, -0.15) is 4.39 Å². The van der Waals surface area contributed by atoms with E-state index in [0.717, 1.165) is 23.3 Å². The highest BCUT2D eigenvalue weighted by Crippen LogP contribution is 2.48. The van der Waals surface area contributed by atoms with E-state index in [0.29, 0.717) is 16.7 Å². The molecule has 0 heterocycles. The van der Waals surface area contributed by atoms with Crippen LogP contribution in [0.1, 0.15) is 63.4 Å². The van der Waals surface area contributed by atoms with Gasteiger partial charge in [-0.25, -0.2) is 4.39 Å². The second-order valence-corrected chi connectivity index (χ2v) is 8.30. The van der Waals surface area contributed by atoms with Crippen molar-refractivity contribution in [3.05, 3.63) is 41.5 Å². The molecule has 2 aliphatic rings. The highest BCUT2D eigenvalue weighted by Gasteiger charge is 2.35. The number of ether oxygens (including phenoxy) is 1. The van der Waals surface area contributed by atoms with Crippen molar-refractivity contribution in [1.29, 1.82) is 0 Å². The molecular formula is C23H28F2O. The minimum absolute atomic E-state index is 0.0315. The van der Waals surface area contributed by atoms with Crippen molar-refractivity contribution in [2.45, 2.75) is 57.8 Å². The lowest BCUT2D eigenvalue weighted by Crippen LogP contribution is -2.30. The molecule has 2 unspecified atom stereocenters. The van der Waals surface area contributed by atoms with Crippen LogP contribution in [0.3, 0.4) is 0 Å². The number of hydrogen-bond acceptors (Lipinski definition) is 1. The SMILES string of the molecule is CCC1CCC2C[C@H](c3ccc4cc(OC)c(F)c(F)c4c3)CC[C@@H]2C1. The number of hydrogen-bond donors (Lipinski definition) is 0. The summed E-state index contributed by atoms with van der Waals surface area (Å²) in [6.07, 6.45) is 9.06. The largest absolute Gasteiger partial charge is 0.494 e. The van der Waals surface area contributed by atoms with E-state index in [1.54, 1.807) is 6.07 Å². The molecule has 140 valence electrons. The summed E-state index contributed by atoms with van der Waals surface area (Å²) in [6, 6.07) is 7.47. The first kappa shape index (κ1) is 17.8. The van der Waals surface area contributed by atoms with Gasteiger partial charge in [0.1, 0.15) is 0 Å². The Hall–Kier alpha value is -1.64. The van der Waals surface area contributed by atoms with Crippen LogP contribution >= 0.6 is 0 Å². The molecule has 2 aliphatic carbocycles. The first-order chi connectivity index (χ1) is 12.6. The molecule has 0 aliphatic heterocycles. The zero-order valence-corrected chi connectivity index (χ0v) is 15.7. The molecule has 2 saturated carbocycles. The van der Waals surface area contributed by atoms with E-state index < -0.39 is 11.6 Å². The van der Waals surface area contributed by atoms with E-state index in [-0.39, 0.29) is 5.75 Å². The Morgan fingerprint density at radius 1 is 0.962 bits per heavy atom. The summed E-state index contributed by atoms with van der Waals surface area (Å²) in [5.74, 6) is 1.37. The molecule has 0 spiro atoms. The van der Waals surface area contributed by atoms with Crippen molar-refractivity contribution in [2.75, 3.05) is 7.11 Å². The van der Waals surface area contributed by atoms with Crippen molar-refractivity contribution >= 4 is 10.8 Å². The molecule has 1 nitrogen and oxygen atoms in total. The quantitative estimate of drug-likeness (QED) is 0.584. The number of methoxy groups -OCH3 is 1. The summed E-state index contributed by atoms with van der Waals surface area (Å²) >= 11 is 0. The molecule has 0 bridgehead atoms. The monoisotopic (exact) mass is 358 g/mol. The predicted octanol–water partition coefficient (Wildman–Crippen LogP) is 6.84. The van der Waals surface area contributed by atoms with Crippen LogP contribution in [0.4, 0.5) is 8.78 Å². The molecular weight excluding hydrogens is 330 g/mol. The number of fused-ring (bicyclic) bond motifs is 2. The van der Waals surface area contributed by atoms with Gasteiger partial charge in [-0.1, -0.05) is 31.9 Å². The minimum atomic E-state index is -0.890. The van der Waals surface area contributed by atoms with Crippen LogP contribution in [0.15, 0.2) is 24.3 Å². The molecule has 26 heavy (non-hydrogen) atoms. The summed E-state index contributed by atoms with van der Waals surface area (Å²) in [4.78, 5) is 0. The van der Waals surface area contributed by atoms with E-state index in [9.17, 15) is 8.78 Å². The van der Waals surface area contributed by atoms with Crippen LogP contribution in [0, 0.1) is 29.4 Å². The Kier molecular flexibility index (Phi) is 4.90. The normalized spacial score (nSPS) is 28.8. The fourth-order valence-corrected chi connectivity index (χ4v) is 5.38. The number of rotatable bonds is 3. The average molecular weight is 358 g/mol. The van der Waals surface area contributed by atoms with E-state index in [1.165, 1.54) is 52.1 Å². The van der Waals surface area contributed by atoms with Gasteiger partial charge < -0.3 is 4.74 Å². The Morgan fingerprint density at radius 2 is 1.73 bits per heavy atom. The minimum Gasteiger partial charge on any atom is -0.494 e. The maximum Gasteiger partial charge on any atom is 0.201 e. The first-order valence-corrected chi connectivity index (χ1v) is 10.1. The standard InChI is InChI=1S/C23H28F2O/c1-3-14-4-5-16-11-17(7-6-15(16)10-14)18-8-9-19-13-21(26-2)23(25)22(24)20(19)12-18/h8-9,12-17H,3-7,10-11H2,1-2H3/t14?,15-,16?,17-/m1/s1. The second kappa shape index (κ2) is 7.17. The Balaban J connectivity index is 1.59. The molecule has 0 radical (unpaired) electrons. The predicted molar refractivity (Wildman–Crippen MR) is 102 cm³/mol. The summed E-state index contributed by atoms with van der Waals surface area (Å²) in [5, 5.41) is 1.07. The molecule has 3 heteroatoms. The smallest absolute Gasteiger partial charge is 0.201 e. The zero-order valence-electron chi connectivity index (χ0n) is 15.7. The highest BCUT2D eigenvalue weighted by atomic mass is 19.2. The summed E-state index contributed by atoms with van der Waals surface area (Å²) in [5.41, 5.74) is 1.16. The molecule has 2 fully saturated rings. The van der Waals surface area contributed by atoms with E-state index in [4.69, 9.17) is 4.74 Å². The van der Waals surface area contributed by atoms with Gasteiger partial charge in [0.25, 0.3) is 0 Å². The molecule has 0 saturated heterocycles. The van der Waals surface area contributed by atoms with Crippen molar-refractivity contribution in [1.82, 2.24) is 0 Å². The topological polar surface area (TPSA) is 9.23 Å². The third-order valence-electron chi connectivity index (χ3n) is 7.00. The maximum absolute atomic E-state index is 14.5. The van der Waals surface area contributed by atoms with Crippen molar-refractivity contribution in [3.8, 4) is 5.75 Å². The molecule has 0 aromatic heterocycles. The summed E-state index contributed by atoms with van der Waals surface area (Å²) in [6.45, 7) is 2.31. The molecule has 2 aromatic carbocycles. The fourth-order valence-electron chi connectivity index (χ4n) is 5.38. The lowest BCUT2D eigenvalue weighted by atomic mass is 9.63. The van der Waals surface area contributed by atoms with Gasteiger partial charge in [0.15, 0.2) is 11.6 Å². The Morgan fingerprint density at radius 3 is 2.50 bits per heavy atom. The van der Waals surface area contributed by atoms with Crippen molar-refractivity contribution < 1.29 is 13.5 Å². The van der Waals surface area contributed by atoms with E-state index in [2.05, 4.69) is 13.0 Å². The lowest BCUT2D eigenvalue weighted by molar-refractivity contribution is 0.116. The Bertz CT molecular complexity index is 800. The van der Waals surface area contributed by atoms with E-state index >= 15 is 0 Å². The van der Waals surface area contributed by atoms with Gasteiger partial charge in [-0.15, -0.1) is 0 Å². The van der Waals surface area contributed by atoms with Gasteiger partial charge >= 0.3 is 0 Å². The second-order valence-electron chi connectivity index (χ2n) is 8.30. The lowest BCUT2D eigenvalue weighted by Gasteiger charge is -2.42. The van der Waals surface area contributed by atoms with Crippen LogP contribution < -0.4 is 4.74 Å². The third-order valence-corrected chi connectivity index (χ3v) is 7.00. The van der Waals surface area contributed by atoms with Crippen molar-refractivity contribution in [3.63, 3.8) is 0 Å². The van der Waals surface area contributed by atoms with Gasteiger partial charge in [0, 0.05) is 5.39 Å². The van der Waals surface area contributed by atoms with Crippen LogP contribution in [0.5, 0.6) is 5.75 Å².